The van der Waals surface area contributed by atoms with E-state index in [4.69, 9.17) is 0 Å². The summed E-state index contributed by atoms with van der Waals surface area (Å²) in [6.07, 6.45) is 1.13. The van der Waals surface area contributed by atoms with Crippen LogP contribution in [-0.4, -0.2) is 6.54 Å². The first-order chi connectivity index (χ1) is 5.83. The molecule has 1 aromatic carbocycles. The summed E-state index contributed by atoms with van der Waals surface area (Å²) in [5.74, 6) is 0.687. The van der Waals surface area contributed by atoms with Crippen LogP contribution in [0, 0.1) is 0 Å². The maximum atomic E-state index is 3.47. The van der Waals surface area contributed by atoms with Crippen molar-refractivity contribution < 1.29 is 0 Å². The van der Waals surface area contributed by atoms with Crippen LogP contribution in [0.25, 0.3) is 0 Å². The lowest BCUT2D eigenvalue weighted by Crippen LogP contribution is -1.97. The van der Waals surface area contributed by atoms with Crippen LogP contribution in [0.2, 0.25) is 0 Å². The highest BCUT2D eigenvalue weighted by Gasteiger charge is 2.18. The van der Waals surface area contributed by atoms with E-state index in [0.717, 1.165) is 13.0 Å². The molecule has 12 heavy (non-hydrogen) atoms. The zero-order valence-corrected chi connectivity index (χ0v) is 7.72. The lowest BCUT2D eigenvalue weighted by molar-refractivity contribution is 0.854. The summed E-state index contributed by atoms with van der Waals surface area (Å²) in [7, 11) is 0. The van der Waals surface area contributed by atoms with E-state index in [1.54, 1.807) is 0 Å². The second-order valence-corrected chi connectivity index (χ2v) is 3.52. The zero-order valence-electron chi connectivity index (χ0n) is 7.72. The molecule has 0 amide bonds. The van der Waals surface area contributed by atoms with Crippen LogP contribution in [0.15, 0.2) is 18.2 Å². The molecule has 0 saturated heterocycles. The van der Waals surface area contributed by atoms with E-state index in [9.17, 15) is 0 Å². The van der Waals surface area contributed by atoms with Gasteiger partial charge < -0.3 is 5.32 Å². The highest BCUT2D eigenvalue weighted by Crippen LogP contribution is 2.33. The third-order valence-corrected chi connectivity index (χ3v) is 2.68. The molecule has 1 heteroatoms. The predicted molar refractivity (Wildman–Crippen MR) is 52.7 cm³/mol. The SMILES string of the molecule is CCc1cccc2c1NCC2C. The van der Waals surface area contributed by atoms with Crippen molar-refractivity contribution in [3.8, 4) is 0 Å². The third kappa shape index (κ3) is 1.01. The lowest BCUT2D eigenvalue weighted by atomic mass is 10.00. The number of hydrogen-bond donors (Lipinski definition) is 1. The smallest absolute Gasteiger partial charge is 0.0408 e. The summed E-state index contributed by atoms with van der Waals surface area (Å²) in [5.41, 5.74) is 4.35. The molecule has 0 saturated carbocycles. The third-order valence-electron chi connectivity index (χ3n) is 2.68. The van der Waals surface area contributed by atoms with E-state index in [0.29, 0.717) is 5.92 Å². The molecule has 1 nitrogen and oxygen atoms in total. The van der Waals surface area contributed by atoms with Crippen LogP contribution in [0.5, 0.6) is 0 Å². The summed E-state index contributed by atoms with van der Waals surface area (Å²) in [4.78, 5) is 0. The first kappa shape index (κ1) is 7.66. The Morgan fingerprint density at radius 1 is 1.50 bits per heavy atom. The quantitative estimate of drug-likeness (QED) is 0.667. The fourth-order valence-electron chi connectivity index (χ4n) is 1.91. The molecule has 0 aromatic heterocycles. The van der Waals surface area contributed by atoms with Crippen LogP contribution in [-0.2, 0) is 6.42 Å². The molecule has 1 aliphatic heterocycles. The van der Waals surface area contributed by atoms with Crippen molar-refractivity contribution >= 4 is 5.69 Å². The molecule has 0 radical (unpaired) electrons. The first-order valence-electron chi connectivity index (χ1n) is 4.68. The summed E-state index contributed by atoms with van der Waals surface area (Å²) in [5, 5.41) is 3.47. The molecule has 1 N–H and O–H groups in total. The molecule has 0 fully saturated rings. The Balaban J connectivity index is 2.50. The minimum atomic E-state index is 0.687. The summed E-state index contributed by atoms with van der Waals surface area (Å²) in [6, 6.07) is 6.62. The Kier molecular flexibility index (Phi) is 1.80. The van der Waals surface area contributed by atoms with Crippen molar-refractivity contribution in [1.82, 2.24) is 0 Å². The van der Waals surface area contributed by atoms with Gasteiger partial charge in [0.25, 0.3) is 0 Å². The Morgan fingerprint density at radius 2 is 2.33 bits per heavy atom. The average molecular weight is 161 g/mol. The highest BCUT2D eigenvalue weighted by molar-refractivity contribution is 5.62. The van der Waals surface area contributed by atoms with Crippen molar-refractivity contribution in [2.75, 3.05) is 11.9 Å². The number of anilines is 1. The molecule has 0 spiro atoms. The van der Waals surface area contributed by atoms with Crippen molar-refractivity contribution in [3.63, 3.8) is 0 Å². The normalized spacial score (nSPS) is 20.3. The van der Waals surface area contributed by atoms with E-state index in [2.05, 4.69) is 37.4 Å². The van der Waals surface area contributed by atoms with Crippen LogP contribution < -0.4 is 5.32 Å². The number of benzene rings is 1. The number of nitrogens with one attached hydrogen (secondary N) is 1. The predicted octanol–water partition coefficient (Wildman–Crippen LogP) is 2.78. The number of hydrogen-bond acceptors (Lipinski definition) is 1. The number of aryl methyl sites for hydroxylation is 1. The second-order valence-electron chi connectivity index (χ2n) is 3.52. The van der Waals surface area contributed by atoms with Crippen LogP contribution >= 0.6 is 0 Å². The maximum Gasteiger partial charge on any atom is 0.0408 e. The fourth-order valence-corrected chi connectivity index (χ4v) is 1.91. The molecule has 64 valence electrons. The maximum absolute atomic E-state index is 3.47. The summed E-state index contributed by atoms with van der Waals surface area (Å²) >= 11 is 0. The van der Waals surface area contributed by atoms with Gasteiger partial charge in [-0.05, 0) is 17.5 Å². The van der Waals surface area contributed by atoms with E-state index in [-0.39, 0.29) is 0 Å². The molecule has 1 unspecified atom stereocenters. The van der Waals surface area contributed by atoms with Crippen LogP contribution in [0.3, 0.4) is 0 Å². The van der Waals surface area contributed by atoms with Gasteiger partial charge in [-0.25, -0.2) is 0 Å². The minimum Gasteiger partial charge on any atom is -0.384 e. The van der Waals surface area contributed by atoms with Gasteiger partial charge in [-0.1, -0.05) is 32.0 Å². The van der Waals surface area contributed by atoms with Gasteiger partial charge in [0.1, 0.15) is 0 Å². The van der Waals surface area contributed by atoms with E-state index in [1.807, 2.05) is 0 Å². The largest absolute Gasteiger partial charge is 0.384 e. The van der Waals surface area contributed by atoms with Gasteiger partial charge >= 0.3 is 0 Å². The van der Waals surface area contributed by atoms with Gasteiger partial charge in [-0.2, -0.15) is 0 Å². The Bertz CT molecular complexity index is 291. The van der Waals surface area contributed by atoms with Crippen molar-refractivity contribution in [2.45, 2.75) is 26.2 Å². The van der Waals surface area contributed by atoms with Crippen LogP contribution in [0.1, 0.15) is 30.9 Å². The Morgan fingerprint density at radius 3 is 3.08 bits per heavy atom. The van der Waals surface area contributed by atoms with Crippen molar-refractivity contribution in [1.29, 1.82) is 0 Å². The Labute approximate surface area is 73.8 Å². The highest BCUT2D eigenvalue weighted by atomic mass is 14.9. The lowest BCUT2D eigenvalue weighted by Gasteiger charge is -2.06. The molecule has 2 rings (SSSR count). The molecular formula is C11H15N. The molecular weight excluding hydrogens is 146 g/mol. The number of para-hydroxylation sites is 1. The summed E-state index contributed by atoms with van der Waals surface area (Å²) < 4.78 is 0. The van der Waals surface area contributed by atoms with Gasteiger partial charge in [0, 0.05) is 18.2 Å². The van der Waals surface area contributed by atoms with E-state index in [1.165, 1.54) is 16.8 Å². The van der Waals surface area contributed by atoms with E-state index < -0.39 is 0 Å². The average Bonchev–Trinajstić information content (AvgIpc) is 2.48. The standard InChI is InChI=1S/C11H15N/c1-3-9-5-4-6-10-8(2)7-12-11(9)10/h4-6,8,12H,3,7H2,1-2H3. The van der Waals surface area contributed by atoms with Gasteiger partial charge in [0.15, 0.2) is 0 Å². The molecule has 0 aliphatic carbocycles. The Hall–Kier alpha value is -0.980. The molecule has 1 heterocycles. The van der Waals surface area contributed by atoms with Crippen molar-refractivity contribution in [2.24, 2.45) is 0 Å². The van der Waals surface area contributed by atoms with Gasteiger partial charge in [0.05, 0.1) is 0 Å². The second kappa shape index (κ2) is 2.81. The fraction of sp³-hybridized carbons (Fsp3) is 0.455. The monoisotopic (exact) mass is 161 g/mol. The van der Waals surface area contributed by atoms with Gasteiger partial charge in [-0.15, -0.1) is 0 Å². The van der Waals surface area contributed by atoms with E-state index >= 15 is 0 Å². The number of rotatable bonds is 1. The molecule has 1 atom stereocenters. The zero-order chi connectivity index (χ0) is 8.55. The topological polar surface area (TPSA) is 12.0 Å². The first-order valence-corrected chi connectivity index (χ1v) is 4.68. The minimum absolute atomic E-state index is 0.687. The van der Waals surface area contributed by atoms with Crippen molar-refractivity contribution in [3.05, 3.63) is 29.3 Å². The number of fused-ring (bicyclic) bond motifs is 1. The van der Waals surface area contributed by atoms with Gasteiger partial charge in [0.2, 0.25) is 0 Å². The molecule has 1 aliphatic rings. The molecule has 1 aromatic rings. The van der Waals surface area contributed by atoms with Gasteiger partial charge in [-0.3, -0.25) is 0 Å². The molecule has 0 bridgehead atoms. The van der Waals surface area contributed by atoms with Crippen LogP contribution in [0.4, 0.5) is 5.69 Å². The summed E-state index contributed by atoms with van der Waals surface area (Å²) in [6.45, 7) is 5.59.